The van der Waals surface area contributed by atoms with Gasteiger partial charge in [0.05, 0.1) is 6.10 Å². The van der Waals surface area contributed by atoms with Gasteiger partial charge in [0.1, 0.15) is 6.17 Å². The zero-order chi connectivity index (χ0) is 10.2. The van der Waals surface area contributed by atoms with E-state index in [2.05, 4.69) is 12.2 Å². The van der Waals surface area contributed by atoms with Gasteiger partial charge in [-0.2, -0.15) is 0 Å². The second-order valence-corrected chi connectivity index (χ2v) is 3.77. The maximum Gasteiger partial charge on any atom is 0.126 e. The summed E-state index contributed by atoms with van der Waals surface area (Å²) in [5.41, 5.74) is 0. The molecule has 0 aromatic heterocycles. The molecule has 1 N–H and O–H groups in total. The van der Waals surface area contributed by atoms with Gasteiger partial charge < -0.3 is 5.11 Å². The van der Waals surface area contributed by atoms with Crippen molar-refractivity contribution < 1.29 is 9.50 Å². The van der Waals surface area contributed by atoms with E-state index in [1.165, 1.54) is 0 Å². The van der Waals surface area contributed by atoms with Gasteiger partial charge in [-0.25, -0.2) is 4.39 Å². The van der Waals surface area contributed by atoms with Gasteiger partial charge in [0, 0.05) is 0 Å². The molecule has 2 atom stereocenters. The van der Waals surface area contributed by atoms with E-state index in [1.807, 2.05) is 12.2 Å². The Morgan fingerprint density at radius 2 is 1.64 bits per heavy atom. The Balaban J connectivity index is 2.41. The lowest BCUT2D eigenvalue weighted by Crippen LogP contribution is -2.20. The molecule has 0 saturated carbocycles. The third-order valence-corrected chi connectivity index (χ3v) is 2.48. The molecule has 0 radical (unpaired) electrons. The minimum Gasteiger partial charge on any atom is -0.390 e. The van der Waals surface area contributed by atoms with E-state index in [9.17, 15) is 9.50 Å². The van der Waals surface area contributed by atoms with Crippen LogP contribution in [0.1, 0.15) is 38.5 Å². The molecule has 1 aliphatic carbocycles. The van der Waals surface area contributed by atoms with E-state index in [1.54, 1.807) is 0 Å². The molecule has 2 heteroatoms. The molecule has 0 amide bonds. The SMILES string of the molecule is OC1C/C=C\CC/C=C\CCCC1F. The van der Waals surface area contributed by atoms with E-state index < -0.39 is 12.3 Å². The van der Waals surface area contributed by atoms with Crippen LogP contribution in [0.4, 0.5) is 4.39 Å². The van der Waals surface area contributed by atoms with Gasteiger partial charge >= 0.3 is 0 Å². The number of hydrogen-bond donors (Lipinski definition) is 1. The molecular weight excluding hydrogens is 179 g/mol. The van der Waals surface area contributed by atoms with Crippen LogP contribution < -0.4 is 0 Å². The lowest BCUT2D eigenvalue weighted by atomic mass is 10.0. The van der Waals surface area contributed by atoms with E-state index in [4.69, 9.17) is 0 Å². The van der Waals surface area contributed by atoms with Crippen LogP contribution in [-0.4, -0.2) is 17.4 Å². The predicted molar refractivity (Wildman–Crippen MR) is 56.9 cm³/mol. The first-order valence-corrected chi connectivity index (χ1v) is 5.43. The summed E-state index contributed by atoms with van der Waals surface area (Å²) in [4.78, 5) is 0. The van der Waals surface area contributed by atoms with Gasteiger partial charge in [-0.1, -0.05) is 24.3 Å². The van der Waals surface area contributed by atoms with Crippen molar-refractivity contribution in [3.63, 3.8) is 0 Å². The van der Waals surface area contributed by atoms with Crippen LogP contribution in [0, 0.1) is 0 Å². The van der Waals surface area contributed by atoms with Crippen molar-refractivity contribution in [2.75, 3.05) is 0 Å². The molecule has 0 saturated heterocycles. The Hall–Kier alpha value is -0.630. The molecule has 1 rings (SSSR count). The minimum atomic E-state index is -1.06. The van der Waals surface area contributed by atoms with Crippen LogP contribution >= 0.6 is 0 Å². The second-order valence-electron chi connectivity index (χ2n) is 3.77. The smallest absolute Gasteiger partial charge is 0.126 e. The van der Waals surface area contributed by atoms with Crippen molar-refractivity contribution in [1.82, 2.24) is 0 Å². The lowest BCUT2D eigenvalue weighted by Gasteiger charge is -2.13. The number of allylic oxidation sites excluding steroid dienone is 3. The highest BCUT2D eigenvalue weighted by molar-refractivity contribution is 4.91. The first-order valence-electron chi connectivity index (χ1n) is 5.43. The average molecular weight is 198 g/mol. The first kappa shape index (κ1) is 11.4. The van der Waals surface area contributed by atoms with Crippen LogP contribution in [0.25, 0.3) is 0 Å². The van der Waals surface area contributed by atoms with Crippen LogP contribution in [-0.2, 0) is 0 Å². The fourth-order valence-corrected chi connectivity index (χ4v) is 1.55. The molecule has 0 aromatic carbocycles. The summed E-state index contributed by atoms with van der Waals surface area (Å²) >= 11 is 0. The summed E-state index contributed by atoms with van der Waals surface area (Å²) in [5, 5.41) is 9.42. The largest absolute Gasteiger partial charge is 0.390 e. The van der Waals surface area contributed by atoms with E-state index in [0.717, 1.165) is 25.7 Å². The van der Waals surface area contributed by atoms with Gasteiger partial charge in [-0.15, -0.1) is 0 Å². The third kappa shape index (κ3) is 4.56. The van der Waals surface area contributed by atoms with Crippen LogP contribution in [0.3, 0.4) is 0 Å². The van der Waals surface area contributed by atoms with Gasteiger partial charge in [0.2, 0.25) is 0 Å². The Labute approximate surface area is 85.3 Å². The molecule has 0 aliphatic heterocycles. The van der Waals surface area contributed by atoms with Crippen molar-refractivity contribution >= 4 is 0 Å². The monoisotopic (exact) mass is 198 g/mol. The highest BCUT2D eigenvalue weighted by Crippen LogP contribution is 2.13. The third-order valence-electron chi connectivity index (χ3n) is 2.48. The fraction of sp³-hybridized carbons (Fsp3) is 0.667. The highest BCUT2D eigenvalue weighted by atomic mass is 19.1. The van der Waals surface area contributed by atoms with Crippen LogP contribution in [0.2, 0.25) is 0 Å². The summed E-state index contributed by atoms with van der Waals surface area (Å²) in [7, 11) is 0. The molecule has 1 nitrogen and oxygen atoms in total. The normalized spacial score (nSPS) is 35.3. The molecule has 14 heavy (non-hydrogen) atoms. The van der Waals surface area contributed by atoms with E-state index in [-0.39, 0.29) is 0 Å². The fourth-order valence-electron chi connectivity index (χ4n) is 1.55. The van der Waals surface area contributed by atoms with Gasteiger partial charge in [-0.3, -0.25) is 0 Å². The van der Waals surface area contributed by atoms with Gasteiger partial charge in [0.25, 0.3) is 0 Å². The van der Waals surface area contributed by atoms with E-state index >= 15 is 0 Å². The Bertz CT molecular complexity index is 198. The van der Waals surface area contributed by atoms with Crippen molar-refractivity contribution in [2.24, 2.45) is 0 Å². The van der Waals surface area contributed by atoms with E-state index in [0.29, 0.717) is 12.8 Å². The number of rotatable bonds is 0. The Morgan fingerprint density at radius 3 is 2.43 bits per heavy atom. The number of aliphatic hydroxyl groups is 1. The number of halogens is 1. The zero-order valence-corrected chi connectivity index (χ0v) is 8.53. The maximum absolute atomic E-state index is 13.3. The number of aliphatic hydroxyl groups excluding tert-OH is 1. The molecule has 0 bridgehead atoms. The molecule has 0 aromatic rings. The summed E-state index contributed by atoms with van der Waals surface area (Å²) in [6.07, 6.45) is 11.0. The topological polar surface area (TPSA) is 20.2 Å². The molecule has 0 spiro atoms. The summed E-state index contributed by atoms with van der Waals surface area (Å²) < 4.78 is 13.3. The predicted octanol–water partition coefficient (Wildman–Crippen LogP) is 3.15. The van der Waals surface area contributed by atoms with Crippen LogP contribution in [0.5, 0.6) is 0 Å². The minimum absolute atomic E-state index is 0.449. The highest BCUT2D eigenvalue weighted by Gasteiger charge is 2.15. The average Bonchev–Trinajstić information content (AvgIpc) is 2.18. The standard InChI is InChI=1S/C12H19FO/c13-11-9-7-5-3-1-2-4-6-8-10-12(11)14/h1,3,6,8,11-12,14H,2,4-5,7,9-10H2/b3-1-,8-6-. The number of hydrogen-bond acceptors (Lipinski definition) is 1. The molecular formula is C12H19FO. The number of alkyl halides is 1. The Kier molecular flexibility index (Phi) is 5.53. The first-order chi connectivity index (χ1) is 6.80. The lowest BCUT2D eigenvalue weighted by molar-refractivity contribution is 0.0740. The molecule has 80 valence electrons. The van der Waals surface area contributed by atoms with Crippen LogP contribution in [0.15, 0.2) is 24.3 Å². The molecule has 1 aliphatic rings. The van der Waals surface area contributed by atoms with Crippen molar-refractivity contribution in [3.8, 4) is 0 Å². The molecule has 2 unspecified atom stereocenters. The van der Waals surface area contributed by atoms with Crippen molar-refractivity contribution in [1.29, 1.82) is 0 Å². The van der Waals surface area contributed by atoms with Gasteiger partial charge in [-0.05, 0) is 38.5 Å². The summed E-state index contributed by atoms with van der Waals surface area (Å²) in [6.45, 7) is 0. The maximum atomic E-state index is 13.3. The Morgan fingerprint density at radius 1 is 1.00 bits per heavy atom. The van der Waals surface area contributed by atoms with Gasteiger partial charge in [0.15, 0.2) is 0 Å². The summed E-state index contributed by atoms with van der Waals surface area (Å²) in [5.74, 6) is 0. The van der Waals surface area contributed by atoms with Crippen molar-refractivity contribution in [3.05, 3.63) is 24.3 Å². The van der Waals surface area contributed by atoms with Crippen molar-refractivity contribution in [2.45, 2.75) is 50.8 Å². The summed E-state index contributed by atoms with van der Waals surface area (Å²) in [6, 6.07) is 0. The molecule has 0 heterocycles. The quantitative estimate of drug-likeness (QED) is 0.593. The second kappa shape index (κ2) is 6.77. The zero-order valence-electron chi connectivity index (χ0n) is 8.53. The molecule has 0 fully saturated rings.